The average Bonchev–Trinajstić information content (AvgIpc) is 2.35. The first-order valence-corrected chi connectivity index (χ1v) is 6.61. The molecule has 3 nitrogen and oxygen atoms in total. The van der Waals surface area contributed by atoms with Gasteiger partial charge in [-0.25, -0.2) is 0 Å². The minimum Gasteiger partial charge on any atom is -0.497 e. The maximum absolute atomic E-state index is 5.60. The number of nitrogens with one attached hydrogen (secondary N) is 1. The van der Waals surface area contributed by atoms with Gasteiger partial charge in [0.15, 0.2) is 0 Å². The Morgan fingerprint density at radius 2 is 1.89 bits per heavy atom. The molecule has 0 radical (unpaired) electrons. The Bertz CT molecular complexity index is 333. The van der Waals surface area contributed by atoms with E-state index in [-0.39, 0.29) is 5.41 Å². The first kappa shape index (κ1) is 15.0. The molecule has 0 aliphatic carbocycles. The van der Waals surface area contributed by atoms with Crippen molar-refractivity contribution in [3.05, 3.63) is 29.8 Å². The zero-order valence-electron chi connectivity index (χ0n) is 11.8. The molecule has 1 aromatic rings. The van der Waals surface area contributed by atoms with Gasteiger partial charge in [0, 0.05) is 6.54 Å². The topological polar surface area (TPSA) is 47.3 Å². The van der Waals surface area contributed by atoms with Crippen molar-refractivity contribution in [2.45, 2.75) is 26.7 Å². The normalized spacial score (nSPS) is 11.6. The lowest BCUT2D eigenvalue weighted by Gasteiger charge is -2.24. The van der Waals surface area contributed by atoms with Gasteiger partial charge in [-0.3, -0.25) is 0 Å². The third-order valence-corrected chi connectivity index (χ3v) is 3.17. The molecule has 0 aliphatic heterocycles. The largest absolute Gasteiger partial charge is 0.497 e. The Labute approximate surface area is 111 Å². The summed E-state index contributed by atoms with van der Waals surface area (Å²) in [5.41, 5.74) is 7.22. The molecule has 18 heavy (non-hydrogen) atoms. The molecule has 0 unspecified atom stereocenters. The van der Waals surface area contributed by atoms with Gasteiger partial charge in [0.05, 0.1) is 7.11 Å². The fourth-order valence-corrected chi connectivity index (χ4v) is 1.93. The van der Waals surface area contributed by atoms with Crippen molar-refractivity contribution in [3.8, 4) is 5.75 Å². The molecule has 1 rings (SSSR count). The van der Waals surface area contributed by atoms with Gasteiger partial charge >= 0.3 is 0 Å². The average molecular weight is 250 g/mol. The summed E-state index contributed by atoms with van der Waals surface area (Å²) in [4.78, 5) is 0. The van der Waals surface area contributed by atoms with Crippen LogP contribution in [-0.4, -0.2) is 26.7 Å². The molecule has 3 heteroatoms. The number of rotatable bonds is 8. The zero-order valence-corrected chi connectivity index (χ0v) is 11.8. The summed E-state index contributed by atoms with van der Waals surface area (Å²) in [6.07, 6.45) is 2.10. The molecule has 0 saturated carbocycles. The van der Waals surface area contributed by atoms with Crippen molar-refractivity contribution >= 4 is 0 Å². The number of ether oxygens (including phenoxy) is 1. The molecule has 0 atom stereocenters. The van der Waals surface area contributed by atoms with Crippen LogP contribution in [0.3, 0.4) is 0 Å². The van der Waals surface area contributed by atoms with Crippen molar-refractivity contribution < 1.29 is 4.74 Å². The summed E-state index contributed by atoms with van der Waals surface area (Å²) in [6, 6.07) is 8.25. The standard InChI is InChI=1S/C15H26N2O/c1-15(2,9-10-16)12-17-11-8-13-4-6-14(18-3)7-5-13/h4-7,17H,8-12,16H2,1-3H3. The van der Waals surface area contributed by atoms with Crippen LogP contribution in [0.15, 0.2) is 24.3 Å². The van der Waals surface area contributed by atoms with Crippen LogP contribution in [0.25, 0.3) is 0 Å². The highest BCUT2D eigenvalue weighted by Gasteiger charge is 2.15. The van der Waals surface area contributed by atoms with E-state index in [2.05, 4.69) is 31.3 Å². The predicted octanol–water partition coefficient (Wildman–Crippen LogP) is 2.20. The van der Waals surface area contributed by atoms with Crippen LogP contribution in [0.5, 0.6) is 5.75 Å². The van der Waals surface area contributed by atoms with Gasteiger partial charge < -0.3 is 15.8 Å². The number of methoxy groups -OCH3 is 1. The van der Waals surface area contributed by atoms with E-state index in [1.807, 2.05) is 12.1 Å². The molecule has 0 aliphatic rings. The lowest BCUT2D eigenvalue weighted by molar-refractivity contribution is 0.321. The zero-order chi connectivity index (χ0) is 13.4. The van der Waals surface area contributed by atoms with Crippen LogP contribution in [0, 0.1) is 5.41 Å². The van der Waals surface area contributed by atoms with Gasteiger partial charge in [0.2, 0.25) is 0 Å². The minimum absolute atomic E-state index is 0.286. The molecule has 1 aromatic carbocycles. The second-order valence-corrected chi connectivity index (χ2v) is 5.48. The molecule has 0 fully saturated rings. The highest BCUT2D eigenvalue weighted by Crippen LogP contribution is 2.17. The van der Waals surface area contributed by atoms with Crippen molar-refractivity contribution in [3.63, 3.8) is 0 Å². The smallest absolute Gasteiger partial charge is 0.118 e. The SMILES string of the molecule is COc1ccc(CCNCC(C)(C)CCN)cc1. The van der Waals surface area contributed by atoms with E-state index in [0.717, 1.165) is 38.2 Å². The van der Waals surface area contributed by atoms with Crippen LogP contribution in [-0.2, 0) is 6.42 Å². The summed E-state index contributed by atoms with van der Waals surface area (Å²) in [5, 5.41) is 3.50. The lowest BCUT2D eigenvalue weighted by Crippen LogP contribution is -2.32. The maximum Gasteiger partial charge on any atom is 0.118 e. The van der Waals surface area contributed by atoms with E-state index in [1.165, 1.54) is 5.56 Å². The molecule has 0 spiro atoms. The second kappa shape index (κ2) is 7.39. The Kier molecular flexibility index (Phi) is 6.16. The van der Waals surface area contributed by atoms with Gasteiger partial charge in [0.1, 0.15) is 5.75 Å². The van der Waals surface area contributed by atoms with Gasteiger partial charge in [-0.1, -0.05) is 26.0 Å². The first-order valence-electron chi connectivity index (χ1n) is 6.61. The highest BCUT2D eigenvalue weighted by molar-refractivity contribution is 5.27. The molecule has 0 heterocycles. The van der Waals surface area contributed by atoms with E-state index >= 15 is 0 Å². The fraction of sp³-hybridized carbons (Fsp3) is 0.600. The van der Waals surface area contributed by atoms with Crippen LogP contribution in [0.2, 0.25) is 0 Å². The molecule has 0 saturated heterocycles. The Balaban J connectivity index is 2.25. The molecule has 3 N–H and O–H groups in total. The summed E-state index contributed by atoms with van der Waals surface area (Å²) in [6.45, 7) is 7.27. The molecule has 0 amide bonds. The fourth-order valence-electron chi connectivity index (χ4n) is 1.93. The number of hydrogen-bond donors (Lipinski definition) is 2. The first-order chi connectivity index (χ1) is 8.57. The molecule has 0 bridgehead atoms. The van der Waals surface area contributed by atoms with Crippen LogP contribution >= 0.6 is 0 Å². The van der Waals surface area contributed by atoms with Gasteiger partial charge in [-0.2, -0.15) is 0 Å². The molecular weight excluding hydrogens is 224 g/mol. The Hall–Kier alpha value is -1.06. The van der Waals surface area contributed by atoms with Crippen LogP contribution in [0.1, 0.15) is 25.8 Å². The van der Waals surface area contributed by atoms with Gasteiger partial charge in [-0.15, -0.1) is 0 Å². The van der Waals surface area contributed by atoms with Gasteiger partial charge in [-0.05, 0) is 49.0 Å². The minimum atomic E-state index is 0.286. The number of benzene rings is 1. The van der Waals surface area contributed by atoms with E-state index in [4.69, 9.17) is 10.5 Å². The highest BCUT2D eigenvalue weighted by atomic mass is 16.5. The maximum atomic E-state index is 5.60. The number of nitrogens with two attached hydrogens (primary N) is 1. The number of hydrogen-bond acceptors (Lipinski definition) is 3. The Morgan fingerprint density at radius 3 is 2.44 bits per heavy atom. The van der Waals surface area contributed by atoms with Crippen molar-refractivity contribution in [1.29, 1.82) is 0 Å². The second-order valence-electron chi connectivity index (χ2n) is 5.48. The van der Waals surface area contributed by atoms with E-state index in [9.17, 15) is 0 Å². The summed E-state index contributed by atoms with van der Waals surface area (Å²) in [5.74, 6) is 0.913. The molecule has 102 valence electrons. The summed E-state index contributed by atoms with van der Waals surface area (Å²) in [7, 11) is 1.69. The predicted molar refractivity (Wildman–Crippen MR) is 77.0 cm³/mol. The summed E-state index contributed by atoms with van der Waals surface area (Å²) >= 11 is 0. The third-order valence-electron chi connectivity index (χ3n) is 3.17. The van der Waals surface area contributed by atoms with Crippen LogP contribution < -0.4 is 15.8 Å². The van der Waals surface area contributed by atoms with Crippen molar-refractivity contribution in [1.82, 2.24) is 5.32 Å². The lowest BCUT2D eigenvalue weighted by atomic mass is 9.89. The monoisotopic (exact) mass is 250 g/mol. The summed E-state index contributed by atoms with van der Waals surface area (Å²) < 4.78 is 5.14. The van der Waals surface area contributed by atoms with E-state index in [1.54, 1.807) is 7.11 Å². The quantitative estimate of drug-likeness (QED) is 0.695. The van der Waals surface area contributed by atoms with E-state index < -0.39 is 0 Å². The molecular formula is C15H26N2O. The van der Waals surface area contributed by atoms with Gasteiger partial charge in [0.25, 0.3) is 0 Å². The van der Waals surface area contributed by atoms with Crippen molar-refractivity contribution in [2.24, 2.45) is 11.1 Å². The van der Waals surface area contributed by atoms with Crippen LogP contribution in [0.4, 0.5) is 0 Å². The third kappa shape index (κ3) is 5.52. The van der Waals surface area contributed by atoms with Crippen molar-refractivity contribution in [2.75, 3.05) is 26.7 Å². The Morgan fingerprint density at radius 1 is 1.22 bits per heavy atom. The van der Waals surface area contributed by atoms with E-state index in [0.29, 0.717) is 0 Å². The molecule has 0 aromatic heterocycles.